The van der Waals surface area contributed by atoms with Crippen molar-refractivity contribution in [3.8, 4) is 11.1 Å². The summed E-state index contributed by atoms with van der Waals surface area (Å²) in [7, 11) is 1.75. The van der Waals surface area contributed by atoms with Crippen LogP contribution < -0.4 is 5.32 Å². The zero-order chi connectivity index (χ0) is 18.0. The van der Waals surface area contributed by atoms with Crippen LogP contribution in [0.4, 0.5) is 5.69 Å². The van der Waals surface area contributed by atoms with Crippen LogP contribution in [0.3, 0.4) is 0 Å². The molecule has 0 saturated heterocycles. The highest BCUT2D eigenvalue weighted by Gasteiger charge is 2.24. The van der Waals surface area contributed by atoms with Crippen LogP contribution in [0.2, 0.25) is 0 Å². The highest BCUT2D eigenvalue weighted by Crippen LogP contribution is 2.27. The molecule has 0 aliphatic carbocycles. The van der Waals surface area contributed by atoms with Crippen molar-refractivity contribution in [1.29, 1.82) is 0 Å². The Balaban J connectivity index is 1.91. The van der Waals surface area contributed by atoms with E-state index < -0.39 is 11.7 Å². The van der Waals surface area contributed by atoms with Gasteiger partial charge in [0.05, 0.1) is 11.3 Å². The first-order valence-electron chi connectivity index (χ1n) is 7.99. The third-order valence-electron chi connectivity index (χ3n) is 4.20. The quantitative estimate of drug-likeness (QED) is 0.587. The number of rotatable bonds is 4. The van der Waals surface area contributed by atoms with Gasteiger partial charge < -0.3 is 5.32 Å². The molecule has 0 atom stereocenters. The molecule has 0 fully saturated rings. The number of para-hydroxylation sites is 1. The molecule has 1 amide bonds. The van der Waals surface area contributed by atoms with Crippen molar-refractivity contribution in [1.82, 2.24) is 9.78 Å². The highest BCUT2D eigenvalue weighted by molar-refractivity contribution is 6.47. The average Bonchev–Trinajstić information content (AvgIpc) is 2.87. The molecule has 2 aromatic carbocycles. The zero-order valence-electron chi connectivity index (χ0n) is 14.4. The summed E-state index contributed by atoms with van der Waals surface area (Å²) in [4.78, 5) is 25.1. The number of anilines is 1. The van der Waals surface area contributed by atoms with Gasteiger partial charge in [0.25, 0.3) is 11.7 Å². The first-order chi connectivity index (χ1) is 12.0. The van der Waals surface area contributed by atoms with Crippen molar-refractivity contribution in [3.63, 3.8) is 0 Å². The molecule has 3 rings (SSSR count). The van der Waals surface area contributed by atoms with E-state index in [1.807, 2.05) is 48.5 Å². The number of Topliss-reactive ketones (excluding diaryl/α,β-unsaturated/α-hetero) is 1. The Labute approximate surface area is 146 Å². The van der Waals surface area contributed by atoms with Gasteiger partial charge in [-0.1, -0.05) is 48.5 Å². The molecule has 1 aromatic heterocycles. The van der Waals surface area contributed by atoms with Crippen molar-refractivity contribution < 1.29 is 9.59 Å². The van der Waals surface area contributed by atoms with E-state index in [1.165, 1.54) is 0 Å². The number of carbonyl (C=O) groups is 2. The predicted octanol–water partition coefficient (Wildman–Crippen LogP) is 3.53. The molecule has 0 saturated carbocycles. The molecule has 1 N–H and O–H groups in total. The normalized spacial score (nSPS) is 10.5. The van der Waals surface area contributed by atoms with E-state index in [0.29, 0.717) is 22.6 Å². The summed E-state index contributed by atoms with van der Waals surface area (Å²) in [5.74, 6) is -1.24. The smallest absolute Gasteiger partial charge is 0.296 e. The average molecular weight is 333 g/mol. The predicted molar refractivity (Wildman–Crippen MR) is 97.5 cm³/mol. The lowest BCUT2D eigenvalue weighted by molar-refractivity contribution is -0.112. The fraction of sp³-hybridized carbons (Fsp3) is 0.150. The number of nitrogens with zero attached hydrogens (tertiary/aromatic N) is 2. The number of ketones is 1. The Bertz CT molecular complexity index is 943. The van der Waals surface area contributed by atoms with Crippen molar-refractivity contribution in [2.75, 3.05) is 5.32 Å². The summed E-state index contributed by atoms with van der Waals surface area (Å²) in [6, 6.07) is 17.1. The van der Waals surface area contributed by atoms with Crippen LogP contribution in [-0.2, 0) is 11.8 Å². The maximum atomic E-state index is 12.6. The number of hydrogen-bond acceptors (Lipinski definition) is 3. The zero-order valence-corrected chi connectivity index (χ0v) is 14.4. The summed E-state index contributed by atoms with van der Waals surface area (Å²) in [5.41, 5.74) is 4.03. The molecule has 0 radical (unpaired) electrons. The van der Waals surface area contributed by atoms with E-state index in [-0.39, 0.29) is 0 Å². The van der Waals surface area contributed by atoms with Gasteiger partial charge in [-0.3, -0.25) is 14.3 Å². The van der Waals surface area contributed by atoms with Gasteiger partial charge in [0, 0.05) is 24.0 Å². The van der Waals surface area contributed by atoms with Crippen LogP contribution >= 0.6 is 0 Å². The third-order valence-corrected chi connectivity index (χ3v) is 4.20. The van der Waals surface area contributed by atoms with Gasteiger partial charge in [-0.2, -0.15) is 5.10 Å². The first kappa shape index (κ1) is 16.6. The molecule has 3 aromatic rings. The summed E-state index contributed by atoms with van der Waals surface area (Å²) < 4.78 is 1.60. The van der Waals surface area contributed by atoms with E-state index in [2.05, 4.69) is 10.4 Å². The molecule has 25 heavy (non-hydrogen) atoms. The van der Waals surface area contributed by atoms with Crippen LogP contribution in [-0.4, -0.2) is 21.5 Å². The second kappa shape index (κ2) is 6.73. The van der Waals surface area contributed by atoms with Gasteiger partial charge >= 0.3 is 0 Å². The number of benzene rings is 2. The van der Waals surface area contributed by atoms with E-state index in [4.69, 9.17) is 0 Å². The fourth-order valence-corrected chi connectivity index (χ4v) is 2.86. The third kappa shape index (κ3) is 3.21. The Morgan fingerprint density at radius 3 is 2.24 bits per heavy atom. The minimum atomic E-state index is -0.664. The number of aromatic nitrogens is 2. The molecule has 0 aliphatic rings. The van der Waals surface area contributed by atoms with Gasteiger partial charge in [0.1, 0.15) is 0 Å². The lowest BCUT2D eigenvalue weighted by atomic mass is 10.0. The molecule has 5 heteroatoms. The molecule has 0 spiro atoms. The van der Waals surface area contributed by atoms with Gasteiger partial charge in [-0.05, 0) is 25.5 Å². The first-order valence-corrected chi connectivity index (χ1v) is 7.99. The molecular weight excluding hydrogens is 314 g/mol. The molecule has 0 aliphatic heterocycles. The van der Waals surface area contributed by atoms with Crippen LogP contribution in [0.15, 0.2) is 54.6 Å². The monoisotopic (exact) mass is 333 g/mol. The SMILES string of the molecule is Cc1nn(C)c(C)c1C(=O)C(=O)Nc1ccccc1-c1ccccc1. The lowest BCUT2D eigenvalue weighted by Gasteiger charge is -2.11. The summed E-state index contributed by atoms with van der Waals surface area (Å²) in [6.45, 7) is 3.50. The second-order valence-corrected chi connectivity index (χ2v) is 5.86. The standard InChI is InChI=1S/C20H19N3O2/c1-13-18(14(2)23(3)22-13)19(24)20(25)21-17-12-8-7-11-16(17)15-9-5-4-6-10-15/h4-12H,1-3H3,(H,21,25). The van der Waals surface area contributed by atoms with E-state index >= 15 is 0 Å². The van der Waals surface area contributed by atoms with Crippen molar-refractivity contribution in [2.45, 2.75) is 13.8 Å². The Morgan fingerprint density at radius 2 is 1.60 bits per heavy atom. The Kier molecular flexibility index (Phi) is 4.48. The van der Waals surface area contributed by atoms with Gasteiger partial charge in [0.2, 0.25) is 0 Å². The van der Waals surface area contributed by atoms with E-state index in [1.54, 1.807) is 31.6 Å². The van der Waals surface area contributed by atoms with Crippen LogP contribution in [0.5, 0.6) is 0 Å². The topological polar surface area (TPSA) is 64.0 Å². The lowest BCUT2D eigenvalue weighted by Crippen LogP contribution is -2.24. The fourth-order valence-electron chi connectivity index (χ4n) is 2.86. The number of nitrogens with one attached hydrogen (secondary N) is 1. The molecule has 1 heterocycles. The van der Waals surface area contributed by atoms with Gasteiger partial charge in [0.15, 0.2) is 0 Å². The van der Waals surface area contributed by atoms with Crippen molar-refractivity contribution in [3.05, 3.63) is 71.5 Å². The summed E-state index contributed by atoms with van der Waals surface area (Å²) in [5, 5.41) is 6.95. The number of aryl methyl sites for hydroxylation is 2. The molecular formula is C20H19N3O2. The summed E-state index contributed by atoms with van der Waals surface area (Å²) in [6.07, 6.45) is 0. The molecule has 126 valence electrons. The maximum absolute atomic E-state index is 12.6. The number of hydrogen-bond donors (Lipinski definition) is 1. The van der Waals surface area contributed by atoms with Crippen molar-refractivity contribution >= 4 is 17.4 Å². The van der Waals surface area contributed by atoms with Crippen LogP contribution in [0.1, 0.15) is 21.7 Å². The van der Waals surface area contributed by atoms with Gasteiger partial charge in [-0.15, -0.1) is 0 Å². The van der Waals surface area contributed by atoms with Gasteiger partial charge in [-0.25, -0.2) is 0 Å². The molecule has 0 bridgehead atoms. The maximum Gasteiger partial charge on any atom is 0.296 e. The minimum Gasteiger partial charge on any atom is -0.319 e. The molecule has 5 nitrogen and oxygen atoms in total. The molecule has 0 unspecified atom stereocenters. The van der Waals surface area contributed by atoms with E-state index in [0.717, 1.165) is 11.1 Å². The second-order valence-electron chi connectivity index (χ2n) is 5.86. The van der Waals surface area contributed by atoms with E-state index in [9.17, 15) is 9.59 Å². The number of amides is 1. The van der Waals surface area contributed by atoms with Crippen LogP contribution in [0.25, 0.3) is 11.1 Å². The highest BCUT2D eigenvalue weighted by atomic mass is 16.2. The van der Waals surface area contributed by atoms with Crippen LogP contribution in [0, 0.1) is 13.8 Å². The Hall–Kier alpha value is -3.21. The minimum absolute atomic E-state index is 0.359. The largest absolute Gasteiger partial charge is 0.319 e. The number of carbonyl (C=O) groups excluding carboxylic acids is 2. The Morgan fingerprint density at radius 1 is 0.960 bits per heavy atom. The summed E-state index contributed by atoms with van der Waals surface area (Å²) >= 11 is 0. The van der Waals surface area contributed by atoms with Crippen molar-refractivity contribution in [2.24, 2.45) is 7.05 Å².